The van der Waals surface area contributed by atoms with Crippen molar-refractivity contribution in [2.45, 2.75) is 13.8 Å². The smallest absolute Gasteiger partial charge is 0 e. The van der Waals surface area contributed by atoms with Crippen LogP contribution in [0.5, 0.6) is 0 Å². The molecule has 0 atom stereocenters. The zero-order chi connectivity index (χ0) is 4.12. The molecule has 6 heavy (non-hydrogen) atoms. The molecule has 0 aromatic carbocycles. The maximum atomic E-state index is 3.97. The first-order chi connectivity index (χ1) is 2.41. The fourth-order valence-electron chi connectivity index (χ4n) is 0.224. The van der Waals surface area contributed by atoms with E-state index in [4.69, 9.17) is 0 Å². The van der Waals surface area contributed by atoms with Gasteiger partial charge < -0.3 is 5.32 Å². The number of rotatable bonds is 2. The van der Waals surface area contributed by atoms with E-state index >= 15 is 0 Å². The molecule has 0 aliphatic heterocycles. The van der Waals surface area contributed by atoms with E-state index in [0.717, 1.165) is 13.1 Å². The van der Waals surface area contributed by atoms with Gasteiger partial charge in [0.05, 0.1) is 0 Å². The fourth-order valence-corrected chi connectivity index (χ4v) is 0.224. The quantitative estimate of drug-likeness (QED) is 0.526. The Labute approximate surface area is 51.4 Å². The van der Waals surface area contributed by atoms with E-state index in [1.807, 2.05) is 13.8 Å². The first-order valence-electron chi connectivity index (χ1n) is 2.05. The minimum Gasteiger partial charge on any atom is -0.663 e. The molecule has 1 nitrogen and oxygen atoms in total. The Morgan fingerprint density at radius 1 is 1.17 bits per heavy atom. The van der Waals surface area contributed by atoms with E-state index in [9.17, 15) is 0 Å². The van der Waals surface area contributed by atoms with Crippen molar-refractivity contribution in [1.29, 1.82) is 0 Å². The van der Waals surface area contributed by atoms with E-state index < -0.39 is 0 Å². The standard InChI is InChI=1S/C4H10N.V/c1-3-5-4-2;/h3-4H2,1-2H3;/q-1;. The summed E-state index contributed by atoms with van der Waals surface area (Å²) in [5.41, 5.74) is 0. The van der Waals surface area contributed by atoms with Crippen molar-refractivity contribution in [2.75, 3.05) is 13.1 Å². The molecule has 0 aromatic rings. The molecule has 2 heteroatoms. The predicted molar refractivity (Wildman–Crippen MR) is 24.4 cm³/mol. The number of hydrogen-bond acceptors (Lipinski definition) is 0. The van der Waals surface area contributed by atoms with Crippen molar-refractivity contribution in [1.82, 2.24) is 0 Å². The summed E-state index contributed by atoms with van der Waals surface area (Å²) in [5.74, 6) is 0. The van der Waals surface area contributed by atoms with Crippen LogP contribution in [0, 0.1) is 0 Å². The minimum absolute atomic E-state index is 0. The van der Waals surface area contributed by atoms with Gasteiger partial charge in [0, 0.05) is 18.6 Å². The second kappa shape index (κ2) is 9.11. The maximum Gasteiger partial charge on any atom is 0 e. The fraction of sp³-hybridized carbons (Fsp3) is 1.00. The largest absolute Gasteiger partial charge is 0.663 e. The molecule has 0 unspecified atom stereocenters. The van der Waals surface area contributed by atoms with E-state index in [2.05, 4.69) is 5.32 Å². The Kier molecular flexibility index (Phi) is 14.8. The topological polar surface area (TPSA) is 14.1 Å². The maximum absolute atomic E-state index is 3.97. The minimum atomic E-state index is 0. The molecule has 0 aromatic heterocycles. The average molecular weight is 123 g/mol. The van der Waals surface area contributed by atoms with E-state index in [1.54, 1.807) is 0 Å². The molecule has 0 N–H and O–H groups in total. The van der Waals surface area contributed by atoms with Gasteiger partial charge in [-0.3, -0.25) is 0 Å². The van der Waals surface area contributed by atoms with Crippen molar-refractivity contribution in [3.05, 3.63) is 5.32 Å². The van der Waals surface area contributed by atoms with Gasteiger partial charge in [-0.25, -0.2) is 0 Å². The van der Waals surface area contributed by atoms with Gasteiger partial charge >= 0.3 is 0 Å². The molecule has 0 spiro atoms. The Morgan fingerprint density at radius 3 is 1.50 bits per heavy atom. The normalized spacial score (nSPS) is 7.00. The summed E-state index contributed by atoms with van der Waals surface area (Å²) in [5, 5.41) is 3.97. The van der Waals surface area contributed by atoms with Gasteiger partial charge in [-0.2, -0.15) is 13.1 Å². The molecule has 0 saturated carbocycles. The van der Waals surface area contributed by atoms with Crippen LogP contribution in [-0.2, 0) is 18.6 Å². The summed E-state index contributed by atoms with van der Waals surface area (Å²) >= 11 is 0. The van der Waals surface area contributed by atoms with Gasteiger partial charge in [0.2, 0.25) is 0 Å². The van der Waals surface area contributed by atoms with Crippen molar-refractivity contribution in [3.8, 4) is 0 Å². The van der Waals surface area contributed by atoms with Gasteiger partial charge in [-0.05, 0) is 0 Å². The summed E-state index contributed by atoms with van der Waals surface area (Å²) < 4.78 is 0. The third-order valence-corrected chi connectivity index (χ3v) is 0.447. The van der Waals surface area contributed by atoms with Crippen molar-refractivity contribution >= 4 is 0 Å². The monoisotopic (exact) mass is 123 g/mol. The second-order valence-electron chi connectivity index (χ2n) is 0.856. The first kappa shape index (κ1) is 9.74. The van der Waals surface area contributed by atoms with Gasteiger partial charge in [0.1, 0.15) is 0 Å². The summed E-state index contributed by atoms with van der Waals surface area (Å²) in [6.45, 7) is 6.03. The summed E-state index contributed by atoms with van der Waals surface area (Å²) in [6.07, 6.45) is 0. The van der Waals surface area contributed by atoms with Crippen molar-refractivity contribution < 1.29 is 18.6 Å². The van der Waals surface area contributed by atoms with Crippen LogP contribution in [0.3, 0.4) is 0 Å². The average Bonchev–Trinajstić information content (AvgIpc) is 1.41. The Morgan fingerprint density at radius 2 is 1.50 bits per heavy atom. The van der Waals surface area contributed by atoms with Crippen molar-refractivity contribution in [3.63, 3.8) is 0 Å². The molecular weight excluding hydrogens is 113 g/mol. The van der Waals surface area contributed by atoms with Crippen LogP contribution >= 0.6 is 0 Å². The van der Waals surface area contributed by atoms with Crippen LogP contribution in [-0.4, -0.2) is 13.1 Å². The van der Waals surface area contributed by atoms with Crippen LogP contribution in [0.1, 0.15) is 13.8 Å². The van der Waals surface area contributed by atoms with Gasteiger partial charge in [-0.15, -0.1) is 0 Å². The molecular formula is C4H10NV-. The van der Waals surface area contributed by atoms with Crippen molar-refractivity contribution in [2.24, 2.45) is 0 Å². The Hall–Kier alpha value is 0.544. The van der Waals surface area contributed by atoms with E-state index in [-0.39, 0.29) is 18.6 Å². The van der Waals surface area contributed by atoms with E-state index in [0.29, 0.717) is 0 Å². The van der Waals surface area contributed by atoms with Crippen LogP contribution in [0.2, 0.25) is 0 Å². The number of nitrogens with zero attached hydrogens (tertiary/aromatic N) is 1. The Bertz CT molecular complexity index is 15.0. The molecule has 0 amide bonds. The molecule has 0 aliphatic rings. The van der Waals surface area contributed by atoms with Crippen LogP contribution in [0.4, 0.5) is 0 Å². The van der Waals surface area contributed by atoms with Gasteiger partial charge in [-0.1, -0.05) is 13.8 Å². The van der Waals surface area contributed by atoms with Gasteiger partial charge in [0.25, 0.3) is 0 Å². The van der Waals surface area contributed by atoms with Crippen LogP contribution in [0.25, 0.3) is 5.32 Å². The van der Waals surface area contributed by atoms with E-state index in [1.165, 1.54) is 0 Å². The second-order valence-corrected chi connectivity index (χ2v) is 0.856. The zero-order valence-corrected chi connectivity index (χ0v) is 5.71. The Balaban J connectivity index is 0. The van der Waals surface area contributed by atoms with Crippen LogP contribution in [0.15, 0.2) is 0 Å². The molecule has 0 aliphatic carbocycles. The third kappa shape index (κ3) is 8.82. The van der Waals surface area contributed by atoms with Crippen LogP contribution < -0.4 is 0 Å². The first-order valence-corrected chi connectivity index (χ1v) is 2.05. The molecule has 1 radical (unpaired) electrons. The predicted octanol–water partition coefficient (Wildman–Crippen LogP) is 1.40. The molecule has 0 bridgehead atoms. The SMILES string of the molecule is CC[N-]CC.[V]. The zero-order valence-electron chi connectivity index (χ0n) is 4.31. The molecule has 0 fully saturated rings. The summed E-state index contributed by atoms with van der Waals surface area (Å²) in [7, 11) is 0. The van der Waals surface area contributed by atoms with Gasteiger partial charge in [0.15, 0.2) is 0 Å². The molecule has 37 valence electrons. The molecule has 0 rings (SSSR count). The molecule has 0 heterocycles. The number of hydrogen-bond donors (Lipinski definition) is 0. The third-order valence-electron chi connectivity index (χ3n) is 0.447. The summed E-state index contributed by atoms with van der Waals surface area (Å²) in [4.78, 5) is 0. The summed E-state index contributed by atoms with van der Waals surface area (Å²) in [6, 6.07) is 0. The molecule has 0 saturated heterocycles.